The highest BCUT2D eigenvalue weighted by Gasteiger charge is 2.28. The van der Waals surface area contributed by atoms with Crippen molar-refractivity contribution in [2.45, 2.75) is 18.9 Å². The van der Waals surface area contributed by atoms with E-state index in [9.17, 15) is 14.4 Å². The molecule has 33 heavy (non-hydrogen) atoms. The fourth-order valence-corrected chi connectivity index (χ4v) is 3.82. The van der Waals surface area contributed by atoms with Crippen molar-refractivity contribution in [3.05, 3.63) is 77.3 Å². The number of aromatic nitrogens is 2. The zero-order valence-electron chi connectivity index (χ0n) is 17.5. The fourth-order valence-electron chi connectivity index (χ4n) is 3.70. The molecule has 168 valence electrons. The van der Waals surface area contributed by atoms with Crippen LogP contribution in [0.1, 0.15) is 33.8 Å². The lowest BCUT2D eigenvalue weighted by Crippen LogP contribution is -2.48. The topological polar surface area (TPSA) is 136 Å². The van der Waals surface area contributed by atoms with Crippen LogP contribution in [0.2, 0.25) is 5.02 Å². The van der Waals surface area contributed by atoms with Gasteiger partial charge in [-0.05, 0) is 61.4 Å². The number of primary amides is 1. The summed E-state index contributed by atoms with van der Waals surface area (Å²) in [5.74, 6) is -1.59. The maximum absolute atomic E-state index is 13.5. The van der Waals surface area contributed by atoms with Gasteiger partial charge in [-0.25, -0.2) is 9.97 Å². The van der Waals surface area contributed by atoms with Gasteiger partial charge < -0.3 is 16.4 Å². The number of piperidine rings is 1. The Balaban J connectivity index is 1.75. The summed E-state index contributed by atoms with van der Waals surface area (Å²) in [4.78, 5) is 48.8. The van der Waals surface area contributed by atoms with E-state index in [-0.39, 0.29) is 17.3 Å². The highest BCUT2D eigenvalue weighted by atomic mass is 35.5. The van der Waals surface area contributed by atoms with Crippen LogP contribution in [0.3, 0.4) is 0 Å². The SMILES string of the molecule is NC(=O)c1nccnc1C(=O)N(c1ccc(Cl)cc1)c1ccc(N2CCCC(N)C2=O)cc1. The van der Waals surface area contributed by atoms with Gasteiger partial charge in [-0.3, -0.25) is 19.3 Å². The second-order valence-electron chi connectivity index (χ2n) is 7.49. The van der Waals surface area contributed by atoms with Crippen molar-refractivity contribution in [1.29, 1.82) is 0 Å². The summed E-state index contributed by atoms with van der Waals surface area (Å²) >= 11 is 6.02. The first-order chi connectivity index (χ1) is 15.9. The number of nitrogens with zero attached hydrogens (tertiary/aromatic N) is 4. The van der Waals surface area contributed by atoms with Crippen LogP contribution >= 0.6 is 11.6 Å². The summed E-state index contributed by atoms with van der Waals surface area (Å²) in [6.45, 7) is 0.577. The van der Waals surface area contributed by atoms with Crippen molar-refractivity contribution in [3.8, 4) is 0 Å². The number of halogens is 1. The second kappa shape index (κ2) is 9.35. The predicted octanol–water partition coefficient (Wildman–Crippen LogP) is 2.66. The summed E-state index contributed by atoms with van der Waals surface area (Å²) in [6, 6.07) is 13.0. The highest BCUT2D eigenvalue weighted by molar-refractivity contribution is 6.30. The van der Waals surface area contributed by atoms with E-state index in [1.54, 1.807) is 53.4 Å². The summed E-state index contributed by atoms with van der Waals surface area (Å²) in [6.07, 6.45) is 4.08. The minimum absolute atomic E-state index is 0.134. The minimum Gasteiger partial charge on any atom is -0.364 e. The molecule has 1 atom stereocenters. The normalized spacial score (nSPS) is 15.9. The van der Waals surface area contributed by atoms with Crippen molar-refractivity contribution < 1.29 is 14.4 Å². The Morgan fingerprint density at radius 1 is 0.970 bits per heavy atom. The molecule has 2 aromatic carbocycles. The Labute approximate surface area is 195 Å². The first-order valence-corrected chi connectivity index (χ1v) is 10.6. The third kappa shape index (κ3) is 4.55. The molecule has 0 saturated carbocycles. The van der Waals surface area contributed by atoms with E-state index in [1.807, 2.05) is 0 Å². The molecule has 1 aromatic heterocycles. The molecule has 0 spiro atoms. The monoisotopic (exact) mass is 464 g/mol. The van der Waals surface area contributed by atoms with Gasteiger partial charge in [0.1, 0.15) is 0 Å². The number of rotatable bonds is 5. The molecule has 9 nitrogen and oxygen atoms in total. The first-order valence-electron chi connectivity index (χ1n) is 10.2. The highest BCUT2D eigenvalue weighted by Crippen LogP contribution is 2.31. The molecule has 4 rings (SSSR count). The number of benzene rings is 2. The molecule has 2 heterocycles. The van der Waals surface area contributed by atoms with Gasteiger partial charge >= 0.3 is 0 Å². The molecule has 1 fully saturated rings. The Morgan fingerprint density at radius 2 is 1.55 bits per heavy atom. The molecule has 3 aromatic rings. The maximum atomic E-state index is 13.5. The van der Waals surface area contributed by atoms with Gasteiger partial charge in [0.2, 0.25) is 5.91 Å². The Kier molecular flexibility index (Phi) is 6.34. The van der Waals surface area contributed by atoms with E-state index in [0.29, 0.717) is 35.1 Å². The molecule has 1 aliphatic heterocycles. The van der Waals surface area contributed by atoms with Gasteiger partial charge in [0.25, 0.3) is 11.8 Å². The van der Waals surface area contributed by atoms with Crippen LogP contribution in [0.5, 0.6) is 0 Å². The quantitative estimate of drug-likeness (QED) is 0.595. The number of nitrogens with two attached hydrogens (primary N) is 2. The number of hydrogen-bond donors (Lipinski definition) is 2. The van der Waals surface area contributed by atoms with E-state index in [2.05, 4.69) is 9.97 Å². The van der Waals surface area contributed by atoms with Crippen LogP contribution in [0.25, 0.3) is 0 Å². The van der Waals surface area contributed by atoms with E-state index in [0.717, 1.165) is 6.42 Å². The van der Waals surface area contributed by atoms with E-state index in [4.69, 9.17) is 23.1 Å². The van der Waals surface area contributed by atoms with E-state index < -0.39 is 17.9 Å². The molecule has 1 unspecified atom stereocenters. The maximum Gasteiger partial charge on any atom is 0.283 e. The smallest absolute Gasteiger partial charge is 0.283 e. The standard InChI is InChI=1S/C23H21ClN6O3/c24-14-3-5-16(6-4-14)30(23(33)20-19(21(26)31)27-11-12-28-20)17-9-7-15(8-10-17)29-13-1-2-18(25)22(29)32/h3-12,18H,1-2,13,25H2,(H2,26,31). The second-order valence-corrected chi connectivity index (χ2v) is 7.93. The summed E-state index contributed by atoms with van der Waals surface area (Å²) in [7, 11) is 0. The largest absolute Gasteiger partial charge is 0.364 e. The van der Waals surface area contributed by atoms with Crippen LogP contribution < -0.4 is 21.3 Å². The van der Waals surface area contributed by atoms with Crippen LogP contribution in [0.15, 0.2) is 60.9 Å². The third-order valence-corrected chi connectivity index (χ3v) is 5.57. The van der Waals surface area contributed by atoms with Crippen LogP contribution in [-0.4, -0.2) is 40.3 Å². The molecule has 1 aliphatic rings. The first kappa shape index (κ1) is 22.4. The van der Waals surface area contributed by atoms with Gasteiger partial charge in [0, 0.05) is 41.0 Å². The van der Waals surface area contributed by atoms with Crippen molar-refractivity contribution >= 4 is 46.4 Å². The summed E-state index contributed by atoms with van der Waals surface area (Å²) in [5.41, 5.74) is 12.6. The van der Waals surface area contributed by atoms with Crippen molar-refractivity contribution in [1.82, 2.24) is 9.97 Å². The lowest BCUT2D eigenvalue weighted by atomic mass is 10.0. The van der Waals surface area contributed by atoms with Gasteiger partial charge in [0.15, 0.2) is 11.4 Å². The van der Waals surface area contributed by atoms with Gasteiger partial charge in [0.05, 0.1) is 6.04 Å². The van der Waals surface area contributed by atoms with E-state index in [1.165, 1.54) is 17.3 Å². The van der Waals surface area contributed by atoms with Crippen LogP contribution in [0.4, 0.5) is 17.1 Å². The molecule has 1 saturated heterocycles. The van der Waals surface area contributed by atoms with Crippen LogP contribution in [0, 0.1) is 0 Å². The summed E-state index contributed by atoms with van der Waals surface area (Å²) in [5, 5.41) is 0.499. The zero-order chi connectivity index (χ0) is 23.5. The van der Waals surface area contributed by atoms with Gasteiger partial charge in [-0.15, -0.1) is 0 Å². The lowest BCUT2D eigenvalue weighted by molar-refractivity contribution is -0.120. The predicted molar refractivity (Wildman–Crippen MR) is 124 cm³/mol. The molecule has 10 heteroatoms. The molecule has 0 radical (unpaired) electrons. The molecule has 4 N–H and O–H groups in total. The van der Waals surface area contributed by atoms with E-state index >= 15 is 0 Å². The Morgan fingerprint density at radius 3 is 2.15 bits per heavy atom. The van der Waals surface area contributed by atoms with Crippen molar-refractivity contribution in [2.75, 3.05) is 16.3 Å². The fraction of sp³-hybridized carbons (Fsp3) is 0.174. The Hall–Kier alpha value is -3.82. The van der Waals surface area contributed by atoms with Gasteiger partial charge in [-0.2, -0.15) is 0 Å². The molecule has 0 bridgehead atoms. The zero-order valence-corrected chi connectivity index (χ0v) is 18.3. The summed E-state index contributed by atoms with van der Waals surface area (Å²) < 4.78 is 0. The number of anilines is 3. The molecular weight excluding hydrogens is 444 g/mol. The molecule has 0 aliphatic carbocycles. The number of carbonyl (C=O) groups excluding carboxylic acids is 3. The number of hydrogen-bond acceptors (Lipinski definition) is 6. The number of carbonyl (C=O) groups is 3. The molecular formula is C23H21ClN6O3. The number of amides is 3. The van der Waals surface area contributed by atoms with Crippen LogP contribution in [-0.2, 0) is 4.79 Å². The average molecular weight is 465 g/mol. The average Bonchev–Trinajstić information content (AvgIpc) is 2.82. The Bertz CT molecular complexity index is 1200. The lowest BCUT2D eigenvalue weighted by Gasteiger charge is -2.31. The van der Waals surface area contributed by atoms with Crippen molar-refractivity contribution in [2.24, 2.45) is 11.5 Å². The van der Waals surface area contributed by atoms with Crippen molar-refractivity contribution in [3.63, 3.8) is 0 Å². The third-order valence-electron chi connectivity index (χ3n) is 5.32. The van der Waals surface area contributed by atoms with Gasteiger partial charge in [-0.1, -0.05) is 11.6 Å². The minimum atomic E-state index is -0.863. The molecule has 3 amide bonds.